The largest absolute Gasteiger partial charge is 0.481 e. The number of carboxylic acid groups (broad SMARTS) is 1. The summed E-state index contributed by atoms with van der Waals surface area (Å²) in [6.07, 6.45) is 17.3. The van der Waals surface area contributed by atoms with Gasteiger partial charge >= 0.3 is 5.97 Å². The molecule has 21 heavy (non-hydrogen) atoms. The van der Waals surface area contributed by atoms with Gasteiger partial charge in [-0.3, -0.25) is 4.79 Å². The lowest BCUT2D eigenvalue weighted by Gasteiger charge is -2.07. The maximum Gasteiger partial charge on any atom is 0.303 e. The molecule has 1 atom stereocenters. The Hall–Kier alpha value is -0.830. The normalized spacial score (nSPS) is 12.9. The molecule has 0 aliphatic heterocycles. The van der Waals surface area contributed by atoms with E-state index in [1.165, 1.54) is 19.3 Å². The molecule has 0 spiro atoms. The Labute approximate surface area is 130 Å². The monoisotopic (exact) mass is 298 g/mol. The third kappa shape index (κ3) is 17.1. The number of aliphatic hydroxyl groups is 1. The summed E-state index contributed by atoms with van der Waals surface area (Å²) in [5, 5.41) is 18.4. The molecule has 0 aromatic rings. The van der Waals surface area contributed by atoms with Crippen molar-refractivity contribution < 1.29 is 15.0 Å². The molecular formula is C18H34O3. The molecule has 0 aliphatic carbocycles. The fourth-order valence-corrected chi connectivity index (χ4v) is 2.36. The van der Waals surface area contributed by atoms with E-state index in [9.17, 15) is 9.90 Å². The van der Waals surface area contributed by atoms with Gasteiger partial charge in [0, 0.05) is 6.42 Å². The van der Waals surface area contributed by atoms with Crippen LogP contribution < -0.4 is 0 Å². The maximum absolute atomic E-state index is 10.3. The molecule has 0 aromatic carbocycles. The summed E-state index contributed by atoms with van der Waals surface area (Å²) in [7, 11) is 0. The molecule has 1 unspecified atom stereocenters. The molecule has 2 N–H and O–H groups in total. The van der Waals surface area contributed by atoms with Gasteiger partial charge in [0.05, 0.1) is 6.10 Å². The zero-order chi connectivity index (χ0) is 15.8. The van der Waals surface area contributed by atoms with Gasteiger partial charge in [0.25, 0.3) is 0 Å². The predicted molar refractivity (Wildman–Crippen MR) is 88.5 cm³/mol. The van der Waals surface area contributed by atoms with Crippen molar-refractivity contribution in [3.8, 4) is 0 Å². The molecule has 0 radical (unpaired) electrons. The SMILES string of the molecule is CCCCC/C=C/CC(O)CCCCCCCCC(=O)O. The number of unbranched alkanes of at least 4 members (excludes halogenated alkanes) is 8. The van der Waals surface area contributed by atoms with Crippen LogP contribution in [0.3, 0.4) is 0 Å². The Bertz CT molecular complexity index is 261. The van der Waals surface area contributed by atoms with Gasteiger partial charge in [0.2, 0.25) is 0 Å². The molecule has 3 heteroatoms. The van der Waals surface area contributed by atoms with E-state index in [1.807, 2.05) is 0 Å². The van der Waals surface area contributed by atoms with Crippen LogP contribution in [0.15, 0.2) is 12.2 Å². The lowest BCUT2D eigenvalue weighted by molar-refractivity contribution is -0.137. The van der Waals surface area contributed by atoms with E-state index in [2.05, 4.69) is 19.1 Å². The molecular weight excluding hydrogens is 264 g/mol. The van der Waals surface area contributed by atoms with Gasteiger partial charge in [0.1, 0.15) is 0 Å². The van der Waals surface area contributed by atoms with Crippen molar-refractivity contribution in [1.29, 1.82) is 0 Å². The molecule has 0 bridgehead atoms. The standard InChI is InChI=1S/C18H34O3/c1-2-3-4-5-8-11-14-17(19)15-12-9-6-7-10-13-16-18(20)21/h8,11,17,19H,2-7,9-10,12-16H2,1H3,(H,20,21)/b11-8+. The minimum Gasteiger partial charge on any atom is -0.481 e. The highest BCUT2D eigenvalue weighted by Crippen LogP contribution is 2.11. The highest BCUT2D eigenvalue weighted by molar-refractivity contribution is 5.66. The first kappa shape index (κ1) is 20.2. The number of aliphatic carboxylic acids is 1. The van der Waals surface area contributed by atoms with E-state index in [-0.39, 0.29) is 6.10 Å². The van der Waals surface area contributed by atoms with Crippen LogP contribution in [-0.2, 0) is 4.79 Å². The topological polar surface area (TPSA) is 57.5 Å². The summed E-state index contributed by atoms with van der Waals surface area (Å²) in [6.45, 7) is 2.21. The van der Waals surface area contributed by atoms with E-state index in [0.29, 0.717) is 6.42 Å². The van der Waals surface area contributed by atoms with Gasteiger partial charge in [-0.05, 0) is 32.1 Å². The molecule has 0 aliphatic rings. The van der Waals surface area contributed by atoms with E-state index in [1.54, 1.807) is 0 Å². The summed E-state index contributed by atoms with van der Waals surface area (Å²) in [6, 6.07) is 0. The number of aliphatic hydroxyl groups excluding tert-OH is 1. The van der Waals surface area contributed by atoms with Gasteiger partial charge < -0.3 is 10.2 Å². The van der Waals surface area contributed by atoms with Crippen LogP contribution in [0.2, 0.25) is 0 Å². The van der Waals surface area contributed by atoms with Crippen molar-refractivity contribution in [2.24, 2.45) is 0 Å². The van der Waals surface area contributed by atoms with E-state index >= 15 is 0 Å². The Morgan fingerprint density at radius 3 is 2.29 bits per heavy atom. The van der Waals surface area contributed by atoms with Crippen LogP contribution in [0.5, 0.6) is 0 Å². The van der Waals surface area contributed by atoms with Crippen LogP contribution in [0.4, 0.5) is 0 Å². The van der Waals surface area contributed by atoms with Crippen LogP contribution in [-0.4, -0.2) is 22.3 Å². The highest BCUT2D eigenvalue weighted by Gasteiger charge is 2.01. The number of rotatable bonds is 15. The molecule has 3 nitrogen and oxygen atoms in total. The molecule has 0 rings (SSSR count). The summed E-state index contributed by atoms with van der Waals surface area (Å²) in [5.41, 5.74) is 0. The van der Waals surface area contributed by atoms with Gasteiger partial charge in [-0.25, -0.2) is 0 Å². The Kier molecular flexibility index (Phi) is 14.9. The van der Waals surface area contributed by atoms with Gasteiger partial charge in [-0.1, -0.05) is 64.0 Å². The molecule has 0 amide bonds. The van der Waals surface area contributed by atoms with Crippen molar-refractivity contribution in [3.05, 3.63) is 12.2 Å². The first-order chi connectivity index (χ1) is 10.2. The number of carbonyl (C=O) groups is 1. The van der Waals surface area contributed by atoms with E-state index < -0.39 is 5.97 Å². The van der Waals surface area contributed by atoms with Crippen molar-refractivity contribution >= 4 is 5.97 Å². The zero-order valence-corrected chi connectivity index (χ0v) is 13.7. The smallest absolute Gasteiger partial charge is 0.303 e. The second-order valence-electron chi connectivity index (χ2n) is 5.91. The Morgan fingerprint density at radius 2 is 1.62 bits per heavy atom. The van der Waals surface area contributed by atoms with Crippen molar-refractivity contribution in [3.63, 3.8) is 0 Å². The molecule has 0 saturated carbocycles. The second kappa shape index (κ2) is 15.6. The molecule has 0 heterocycles. The highest BCUT2D eigenvalue weighted by atomic mass is 16.4. The average molecular weight is 298 g/mol. The predicted octanol–water partition coefficient (Wildman–Crippen LogP) is 5.08. The van der Waals surface area contributed by atoms with Gasteiger partial charge in [0.15, 0.2) is 0 Å². The average Bonchev–Trinajstić information content (AvgIpc) is 2.45. The summed E-state index contributed by atoms with van der Waals surface area (Å²) in [5.74, 6) is -0.694. The van der Waals surface area contributed by atoms with Crippen molar-refractivity contribution in [1.82, 2.24) is 0 Å². The zero-order valence-electron chi connectivity index (χ0n) is 13.7. The maximum atomic E-state index is 10.3. The van der Waals surface area contributed by atoms with Gasteiger partial charge in [-0.15, -0.1) is 0 Å². The molecule has 0 aromatic heterocycles. The minimum atomic E-state index is -0.694. The number of carboxylic acids is 1. The fourth-order valence-electron chi connectivity index (χ4n) is 2.36. The second-order valence-corrected chi connectivity index (χ2v) is 5.91. The van der Waals surface area contributed by atoms with Crippen molar-refractivity contribution in [2.45, 2.75) is 96.5 Å². The number of hydrogen-bond acceptors (Lipinski definition) is 2. The first-order valence-corrected chi connectivity index (χ1v) is 8.71. The summed E-state index contributed by atoms with van der Waals surface area (Å²) in [4.78, 5) is 10.3. The minimum absolute atomic E-state index is 0.195. The summed E-state index contributed by atoms with van der Waals surface area (Å²) < 4.78 is 0. The van der Waals surface area contributed by atoms with E-state index in [4.69, 9.17) is 5.11 Å². The van der Waals surface area contributed by atoms with E-state index in [0.717, 1.165) is 57.8 Å². The van der Waals surface area contributed by atoms with Crippen LogP contribution in [0.25, 0.3) is 0 Å². The molecule has 124 valence electrons. The first-order valence-electron chi connectivity index (χ1n) is 8.71. The Morgan fingerprint density at radius 1 is 0.952 bits per heavy atom. The fraction of sp³-hybridized carbons (Fsp3) is 0.833. The molecule has 0 saturated heterocycles. The van der Waals surface area contributed by atoms with Crippen LogP contribution in [0.1, 0.15) is 90.4 Å². The Balaban J connectivity index is 3.26. The summed E-state index contributed by atoms with van der Waals surface area (Å²) >= 11 is 0. The third-order valence-corrected chi connectivity index (χ3v) is 3.73. The van der Waals surface area contributed by atoms with Crippen LogP contribution in [0, 0.1) is 0 Å². The number of hydrogen-bond donors (Lipinski definition) is 2. The lowest BCUT2D eigenvalue weighted by Crippen LogP contribution is -2.04. The third-order valence-electron chi connectivity index (χ3n) is 3.73. The van der Waals surface area contributed by atoms with Gasteiger partial charge in [-0.2, -0.15) is 0 Å². The number of allylic oxidation sites excluding steroid dienone is 1. The van der Waals surface area contributed by atoms with Crippen LogP contribution >= 0.6 is 0 Å². The van der Waals surface area contributed by atoms with Crippen molar-refractivity contribution in [2.75, 3.05) is 0 Å². The quantitative estimate of drug-likeness (QED) is 0.327. The molecule has 0 fully saturated rings. The lowest BCUT2D eigenvalue weighted by atomic mass is 10.0.